The molecule has 0 fully saturated rings. The van der Waals surface area contributed by atoms with E-state index >= 15 is 0 Å². The number of hydrogen-bond acceptors (Lipinski definition) is 5. The fourth-order valence-electron chi connectivity index (χ4n) is 2.98. The number of nitrogens with zero attached hydrogens (tertiary/aromatic N) is 2. The van der Waals surface area contributed by atoms with Crippen molar-refractivity contribution in [3.63, 3.8) is 0 Å². The van der Waals surface area contributed by atoms with Crippen LogP contribution in [-0.4, -0.2) is 35.9 Å². The molecule has 0 aliphatic carbocycles. The first-order valence-electron chi connectivity index (χ1n) is 9.80. The minimum atomic E-state index is -0.216. The molecule has 0 aliphatic rings. The first kappa shape index (κ1) is 21.1. The molecule has 7 nitrogen and oxygen atoms in total. The molecule has 1 heterocycles. The first-order valence-corrected chi connectivity index (χ1v) is 9.80. The number of hydrogen-bond donors (Lipinski definition) is 1. The molecule has 7 heteroatoms. The molecule has 3 aromatic rings. The van der Waals surface area contributed by atoms with Crippen LogP contribution in [0.4, 0.5) is 0 Å². The highest BCUT2D eigenvalue weighted by molar-refractivity contribution is 5.78. The van der Waals surface area contributed by atoms with Gasteiger partial charge in [-0.1, -0.05) is 12.1 Å². The number of ether oxygens (including phenoxy) is 2. The second kappa shape index (κ2) is 10.2. The molecule has 0 bridgehead atoms. The van der Waals surface area contributed by atoms with Gasteiger partial charge in [-0.2, -0.15) is 5.10 Å². The molecule has 0 aliphatic heterocycles. The van der Waals surface area contributed by atoms with Gasteiger partial charge in [0.1, 0.15) is 11.5 Å². The normalized spacial score (nSPS) is 10.5. The number of benzene rings is 2. The van der Waals surface area contributed by atoms with Crippen LogP contribution < -0.4 is 20.3 Å². The van der Waals surface area contributed by atoms with Gasteiger partial charge in [0.25, 0.3) is 5.56 Å². The maximum absolute atomic E-state index is 12.2. The van der Waals surface area contributed by atoms with Gasteiger partial charge in [0.15, 0.2) is 0 Å². The minimum absolute atomic E-state index is 0.126. The Morgan fingerprint density at radius 2 is 1.87 bits per heavy atom. The number of rotatable bonds is 9. The van der Waals surface area contributed by atoms with Gasteiger partial charge in [-0.25, -0.2) is 4.68 Å². The first-order chi connectivity index (χ1) is 14.6. The third-order valence-electron chi connectivity index (χ3n) is 4.47. The average Bonchev–Trinajstić information content (AvgIpc) is 2.76. The summed E-state index contributed by atoms with van der Waals surface area (Å²) in [5.74, 6) is 1.37. The van der Waals surface area contributed by atoms with Gasteiger partial charge in [0.2, 0.25) is 5.91 Å². The lowest BCUT2D eigenvalue weighted by atomic mass is 10.1. The SMILES string of the molecule is CCOc1ccc(-c2ccc(=O)n(CCNC(=O)Cc3cccc(OC)c3)n2)cc1. The summed E-state index contributed by atoms with van der Waals surface area (Å²) in [6, 6.07) is 18.1. The van der Waals surface area contributed by atoms with Crippen LogP contribution in [0.5, 0.6) is 11.5 Å². The van der Waals surface area contributed by atoms with Crippen LogP contribution in [0.1, 0.15) is 12.5 Å². The van der Waals surface area contributed by atoms with E-state index in [0.29, 0.717) is 24.6 Å². The van der Waals surface area contributed by atoms with Crippen molar-refractivity contribution in [3.8, 4) is 22.8 Å². The Labute approximate surface area is 175 Å². The Bertz CT molecular complexity index is 1040. The lowest BCUT2D eigenvalue weighted by Gasteiger charge is -2.09. The van der Waals surface area contributed by atoms with Gasteiger partial charge >= 0.3 is 0 Å². The molecule has 2 aromatic carbocycles. The van der Waals surface area contributed by atoms with E-state index in [0.717, 1.165) is 16.9 Å². The number of nitrogens with one attached hydrogen (secondary N) is 1. The predicted molar refractivity (Wildman–Crippen MR) is 115 cm³/mol. The van der Waals surface area contributed by atoms with Crippen molar-refractivity contribution in [2.45, 2.75) is 19.9 Å². The number of carbonyl (C=O) groups is 1. The fourth-order valence-corrected chi connectivity index (χ4v) is 2.98. The number of methoxy groups -OCH3 is 1. The monoisotopic (exact) mass is 407 g/mol. The highest BCUT2D eigenvalue weighted by Crippen LogP contribution is 2.19. The Morgan fingerprint density at radius 1 is 1.07 bits per heavy atom. The zero-order chi connectivity index (χ0) is 21.3. The highest BCUT2D eigenvalue weighted by atomic mass is 16.5. The Kier molecular flexibility index (Phi) is 7.21. The third kappa shape index (κ3) is 5.70. The quantitative estimate of drug-likeness (QED) is 0.590. The van der Waals surface area contributed by atoms with Crippen LogP contribution in [-0.2, 0) is 17.8 Å². The molecule has 0 unspecified atom stereocenters. The molecule has 1 N–H and O–H groups in total. The van der Waals surface area contributed by atoms with Gasteiger partial charge in [-0.05, 0) is 55.0 Å². The molecule has 1 aromatic heterocycles. The van der Waals surface area contributed by atoms with E-state index < -0.39 is 0 Å². The summed E-state index contributed by atoms with van der Waals surface area (Å²) in [6.07, 6.45) is 0.242. The van der Waals surface area contributed by atoms with Gasteiger partial charge in [-0.15, -0.1) is 0 Å². The molecular weight excluding hydrogens is 382 g/mol. The molecular formula is C23H25N3O4. The topological polar surface area (TPSA) is 82.5 Å². The molecule has 3 rings (SSSR count). The maximum atomic E-state index is 12.2. The number of carbonyl (C=O) groups excluding carboxylic acids is 1. The zero-order valence-electron chi connectivity index (χ0n) is 17.1. The van der Waals surface area contributed by atoms with Crippen LogP contribution in [0.2, 0.25) is 0 Å². The number of aromatic nitrogens is 2. The fraction of sp³-hybridized carbons (Fsp3) is 0.261. The summed E-state index contributed by atoms with van der Waals surface area (Å²) < 4.78 is 12.0. The Balaban J connectivity index is 1.59. The van der Waals surface area contributed by atoms with Crippen LogP contribution in [0, 0.1) is 0 Å². The van der Waals surface area contributed by atoms with Crippen LogP contribution in [0.25, 0.3) is 11.3 Å². The molecule has 156 valence electrons. The van der Waals surface area contributed by atoms with Crippen molar-refractivity contribution in [2.75, 3.05) is 20.3 Å². The van der Waals surface area contributed by atoms with E-state index in [4.69, 9.17) is 9.47 Å². The van der Waals surface area contributed by atoms with Crippen LogP contribution in [0.3, 0.4) is 0 Å². The zero-order valence-corrected chi connectivity index (χ0v) is 17.1. The number of amides is 1. The van der Waals surface area contributed by atoms with E-state index in [1.807, 2.05) is 55.5 Å². The van der Waals surface area contributed by atoms with E-state index in [1.165, 1.54) is 10.7 Å². The molecule has 0 spiro atoms. The summed E-state index contributed by atoms with van der Waals surface area (Å²) in [6.45, 7) is 3.13. The van der Waals surface area contributed by atoms with Gasteiger partial charge < -0.3 is 14.8 Å². The molecule has 0 saturated carbocycles. The van der Waals surface area contributed by atoms with Crippen molar-refractivity contribution in [3.05, 3.63) is 76.6 Å². The Hall–Kier alpha value is -3.61. The van der Waals surface area contributed by atoms with Gasteiger partial charge in [0.05, 0.1) is 32.4 Å². The summed E-state index contributed by atoms with van der Waals surface area (Å²) in [5, 5.41) is 7.25. The smallest absolute Gasteiger partial charge is 0.266 e. The van der Waals surface area contributed by atoms with Crippen molar-refractivity contribution in [1.29, 1.82) is 0 Å². The molecule has 0 radical (unpaired) electrons. The summed E-state index contributed by atoms with van der Waals surface area (Å²) >= 11 is 0. The highest BCUT2D eigenvalue weighted by Gasteiger charge is 2.07. The van der Waals surface area contributed by atoms with Crippen molar-refractivity contribution in [2.24, 2.45) is 0 Å². The third-order valence-corrected chi connectivity index (χ3v) is 4.47. The van der Waals surface area contributed by atoms with E-state index in [2.05, 4.69) is 10.4 Å². The molecule has 1 amide bonds. The maximum Gasteiger partial charge on any atom is 0.266 e. The largest absolute Gasteiger partial charge is 0.497 e. The van der Waals surface area contributed by atoms with Gasteiger partial charge in [-0.3, -0.25) is 9.59 Å². The lowest BCUT2D eigenvalue weighted by molar-refractivity contribution is -0.120. The van der Waals surface area contributed by atoms with Crippen molar-refractivity contribution in [1.82, 2.24) is 15.1 Å². The lowest BCUT2D eigenvalue weighted by Crippen LogP contribution is -2.32. The van der Waals surface area contributed by atoms with Crippen LogP contribution >= 0.6 is 0 Å². The predicted octanol–water partition coefficient (Wildman–Crippen LogP) is 2.68. The summed E-state index contributed by atoms with van der Waals surface area (Å²) in [5.41, 5.74) is 2.21. The van der Waals surface area contributed by atoms with Gasteiger partial charge in [0, 0.05) is 18.2 Å². The van der Waals surface area contributed by atoms with Crippen LogP contribution in [0.15, 0.2) is 65.5 Å². The van der Waals surface area contributed by atoms with E-state index in [1.54, 1.807) is 13.2 Å². The summed E-state index contributed by atoms with van der Waals surface area (Å²) in [7, 11) is 1.59. The second-order valence-electron chi connectivity index (χ2n) is 6.62. The Morgan fingerprint density at radius 3 is 2.60 bits per heavy atom. The molecule has 0 atom stereocenters. The standard InChI is InChI=1S/C23H25N3O4/c1-3-30-19-9-7-18(8-10-19)21-11-12-23(28)26(25-21)14-13-24-22(27)16-17-5-4-6-20(15-17)29-2/h4-12,15H,3,13-14,16H2,1-2H3,(H,24,27). The minimum Gasteiger partial charge on any atom is -0.497 e. The average molecular weight is 407 g/mol. The summed E-state index contributed by atoms with van der Waals surface area (Å²) in [4.78, 5) is 24.3. The van der Waals surface area contributed by atoms with Crippen molar-refractivity contribution >= 4 is 5.91 Å². The van der Waals surface area contributed by atoms with E-state index in [-0.39, 0.29) is 24.4 Å². The second-order valence-corrected chi connectivity index (χ2v) is 6.62. The molecule has 30 heavy (non-hydrogen) atoms. The van der Waals surface area contributed by atoms with E-state index in [9.17, 15) is 9.59 Å². The van der Waals surface area contributed by atoms with Crippen molar-refractivity contribution < 1.29 is 14.3 Å². The molecule has 0 saturated heterocycles.